The standard InChI is InChI=1S/C24H31N5O5/c1-2-34-23-18(7-8-21(27-23)28-9-11-29(12-10-28)24(32)33)22(31)26-15-20(30)19-13-16-5-3-4-6-17(16)14-25-19/h3-8,19-20,25,30H,2,9-15H2,1H3,(H,26,31)(H,32,33)/t19-,20?/m0/s1. The first-order valence-corrected chi connectivity index (χ1v) is 11.6. The van der Waals surface area contributed by atoms with Gasteiger partial charge in [-0.15, -0.1) is 0 Å². The Labute approximate surface area is 198 Å². The van der Waals surface area contributed by atoms with Crippen molar-refractivity contribution in [1.29, 1.82) is 0 Å². The van der Waals surface area contributed by atoms with E-state index in [1.807, 2.05) is 24.0 Å². The molecule has 0 radical (unpaired) electrons. The first-order valence-electron chi connectivity index (χ1n) is 11.6. The predicted octanol–water partition coefficient (Wildman–Crippen LogP) is 1.09. The molecule has 10 nitrogen and oxygen atoms in total. The molecule has 0 aliphatic carbocycles. The van der Waals surface area contributed by atoms with Crippen LogP contribution in [0.2, 0.25) is 0 Å². The average molecular weight is 470 g/mol. The van der Waals surface area contributed by atoms with Crippen LogP contribution in [0, 0.1) is 0 Å². The van der Waals surface area contributed by atoms with Crippen LogP contribution in [0.4, 0.5) is 10.6 Å². The number of hydrogen-bond acceptors (Lipinski definition) is 7. The summed E-state index contributed by atoms with van der Waals surface area (Å²) >= 11 is 0. The molecule has 1 aromatic heterocycles. The molecule has 0 bridgehead atoms. The predicted molar refractivity (Wildman–Crippen MR) is 126 cm³/mol. The second kappa shape index (κ2) is 10.7. The average Bonchev–Trinajstić information content (AvgIpc) is 2.87. The van der Waals surface area contributed by atoms with E-state index >= 15 is 0 Å². The molecule has 34 heavy (non-hydrogen) atoms. The monoisotopic (exact) mass is 469 g/mol. The number of hydrogen-bond donors (Lipinski definition) is 4. The molecule has 2 aromatic rings. The molecular formula is C24H31N5O5. The molecule has 3 heterocycles. The van der Waals surface area contributed by atoms with E-state index in [4.69, 9.17) is 9.84 Å². The molecule has 1 fully saturated rings. The Bertz CT molecular complexity index is 1020. The zero-order chi connectivity index (χ0) is 24.1. The SMILES string of the molecule is CCOc1nc(N2CCN(C(=O)O)CC2)ccc1C(=O)NCC(O)[C@@H]1Cc2ccccc2CN1. The van der Waals surface area contributed by atoms with Crippen LogP contribution >= 0.6 is 0 Å². The number of aliphatic hydroxyl groups is 1. The van der Waals surface area contributed by atoms with Gasteiger partial charge in [0, 0.05) is 45.3 Å². The van der Waals surface area contributed by atoms with Crippen molar-refractivity contribution in [3.05, 3.63) is 53.1 Å². The Morgan fingerprint density at radius 2 is 1.91 bits per heavy atom. The maximum atomic E-state index is 12.9. The number of pyridine rings is 1. The number of nitrogens with one attached hydrogen (secondary N) is 2. The lowest BCUT2D eigenvalue weighted by molar-refractivity contribution is 0.0865. The minimum absolute atomic E-state index is 0.100. The highest BCUT2D eigenvalue weighted by Gasteiger charge is 2.26. The van der Waals surface area contributed by atoms with E-state index in [1.54, 1.807) is 12.1 Å². The van der Waals surface area contributed by atoms with Crippen molar-refractivity contribution >= 4 is 17.8 Å². The maximum Gasteiger partial charge on any atom is 0.407 e. The van der Waals surface area contributed by atoms with Gasteiger partial charge in [-0.1, -0.05) is 24.3 Å². The van der Waals surface area contributed by atoms with E-state index in [2.05, 4.69) is 27.8 Å². The summed E-state index contributed by atoms with van der Waals surface area (Å²) in [6, 6.07) is 11.4. The highest BCUT2D eigenvalue weighted by Crippen LogP contribution is 2.23. The van der Waals surface area contributed by atoms with Crippen molar-refractivity contribution in [2.75, 3.05) is 44.2 Å². The van der Waals surface area contributed by atoms with Gasteiger partial charge in [-0.25, -0.2) is 4.79 Å². The molecule has 2 atom stereocenters. The molecule has 0 spiro atoms. The van der Waals surface area contributed by atoms with Crippen molar-refractivity contribution in [2.24, 2.45) is 0 Å². The van der Waals surface area contributed by atoms with E-state index in [1.165, 1.54) is 16.0 Å². The summed E-state index contributed by atoms with van der Waals surface area (Å²) in [6.07, 6.45) is -0.974. The van der Waals surface area contributed by atoms with Crippen LogP contribution in [0.25, 0.3) is 0 Å². The minimum Gasteiger partial charge on any atom is -0.477 e. The van der Waals surface area contributed by atoms with Gasteiger partial charge >= 0.3 is 6.09 Å². The Morgan fingerprint density at radius 3 is 2.62 bits per heavy atom. The molecular weight excluding hydrogens is 438 g/mol. The van der Waals surface area contributed by atoms with E-state index in [0.29, 0.717) is 57.1 Å². The molecule has 1 saturated heterocycles. The van der Waals surface area contributed by atoms with Gasteiger partial charge in [0.1, 0.15) is 11.4 Å². The number of aliphatic hydroxyl groups excluding tert-OH is 1. The van der Waals surface area contributed by atoms with Crippen LogP contribution in [0.3, 0.4) is 0 Å². The van der Waals surface area contributed by atoms with E-state index in [0.717, 1.165) is 0 Å². The molecule has 2 aliphatic rings. The van der Waals surface area contributed by atoms with Gasteiger partial charge in [-0.05, 0) is 36.6 Å². The van der Waals surface area contributed by atoms with Crippen molar-refractivity contribution in [3.8, 4) is 5.88 Å². The van der Waals surface area contributed by atoms with Crippen LogP contribution in [0.5, 0.6) is 5.88 Å². The molecule has 4 rings (SSSR count). The Morgan fingerprint density at radius 1 is 1.18 bits per heavy atom. The first-order chi connectivity index (χ1) is 16.5. The number of benzene rings is 1. The first kappa shape index (κ1) is 23.8. The van der Waals surface area contributed by atoms with Gasteiger partial charge in [-0.3, -0.25) is 4.79 Å². The van der Waals surface area contributed by atoms with Gasteiger partial charge in [0.15, 0.2) is 0 Å². The van der Waals surface area contributed by atoms with Gasteiger partial charge in [0.2, 0.25) is 5.88 Å². The Balaban J connectivity index is 1.37. The summed E-state index contributed by atoms with van der Waals surface area (Å²) in [7, 11) is 0. The number of anilines is 1. The molecule has 4 N–H and O–H groups in total. The number of piperazine rings is 1. The second-order valence-corrected chi connectivity index (χ2v) is 8.45. The van der Waals surface area contributed by atoms with Crippen molar-refractivity contribution < 1.29 is 24.5 Å². The van der Waals surface area contributed by atoms with Crippen molar-refractivity contribution in [3.63, 3.8) is 0 Å². The number of carboxylic acid groups (broad SMARTS) is 1. The number of aromatic nitrogens is 1. The number of amides is 2. The highest BCUT2D eigenvalue weighted by atomic mass is 16.5. The molecule has 10 heteroatoms. The summed E-state index contributed by atoms with van der Waals surface area (Å²) in [5, 5.41) is 25.9. The number of ether oxygens (including phenoxy) is 1. The fourth-order valence-electron chi connectivity index (χ4n) is 4.34. The fraction of sp³-hybridized carbons (Fsp3) is 0.458. The Kier molecular flexibility index (Phi) is 7.49. The molecule has 1 aromatic carbocycles. The number of nitrogens with zero attached hydrogens (tertiary/aromatic N) is 3. The number of rotatable bonds is 7. The summed E-state index contributed by atoms with van der Waals surface area (Å²) in [5.74, 6) is 0.487. The third-order valence-electron chi connectivity index (χ3n) is 6.29. The normalized spacial score (nSPS) is 18.7. The molecule has 1 unspecified atom stereocenters. The van der Waals surface area contributed by atoms with E-state index < -0.39 is 12.2 Å². The largest absolute Gasteiger partial charge is 0.477 e. The molecule has 0 saturated carbocycles. The van der Waals surface area contributed by atoms with Gasteiger partial charge < -0.3 is 35.4 Å². The second-order valence-electron chi connectivity index (χ2n) is 8.45. The van der Waals surface area contributed by atoms with E-state index in [-0.39, 0.29) is 24.4 Å². The Hall–Kier alpha value is -3.37. The lowest BCUT2D eigenvalue weighted by atomic mass is 9.93. The van der Waals surface area contributed by atoms with Crippen LogP contribution in [0.15, 0.2) is 36.4 Å². The van der Waals surface area contributed by atoms with Gasteiger partial charge in [0.05, 0.1) is 12.7 Å². The topological polar surface area (TPSA) is 127 Å². The molecule has 2 amide bonds. The molecule has 2 aliphatic heterocycles. The third kappa shape index (κ3) is 5.40. The molecule has 182 valence electrons. The van der Waals surface area contributed by atoms with Crippen molar-refractivity contribution in [1.82, 2.24) is 20.5 Å². The number of carbonyl (C=O) groups excluding carboxylic acids is 1. The van der Waals surface area contributed by atoms with Crippen LogP contribution in [-0.4, -0.2) is 83.6 Å². The third-order valence-corrected chi connectivity index (χ3v) is 6.29. The van der Waals surface area contributed by atoms with Crippen LogP contribution in [0.1, 0.15) is 28.4 Å². The summed E-state index contributed by atoms with van der Waals surface area (Å²) in [5.41, 5.74) is 2.73. The van der Waals surface area contributed by atoms with Crippen LogP contribution in [-0.2, 0) is 13.0 Å². The van der Waals surface area contributed by atoms with Gasteiger partial charge in [0.25, 0.3) is 5.91 Å². The van der Waals surface area contributed by atoms with E-state index in [9.17, 15) is 14.7 Å². The quantitative estimate of drug-likeness (QED) is 0.475. The summed E-state index contributed by atoms with van der Waals surface area (Å²) < 4.78 is 5.63. The van der Waals surface area contributed by atoms with Crippen LogP contribution < -0.4 is 20.3 Å². The smallest absolute Gasteiger partial charge is 0.407 e. The van der Waals surface area contributed by atoms with Gasteiger partial charge in [-0.2, -0.15) is 4.98 Å². The summed E-state index contributed by atoms with van der Waals surface area (Å²) in [4.78, 5) is 31.9. The maximum absolute atomic E-state index is 12.9. The highest BCUT2D eigenvalue weighted by molar-refractivity contribution is 5.96. The lowest BCUT2D eigenvalue weighted by Crippen LogP contribution is -2.49. The lowest BCUT2D eigenvalue weighted by Gasteiger charge is -2.34. The number of carbonyl (C=O) groups is 2. The number of fused-ring (bicyclic) bond motifs is 1. The fourth-order valence-corrected chi connectivity index (χ4v) is 4.34. The zero-order valence-corrected chi connectivity index (χ0v) is 19.2. The zero-order valence-electron chi connectivity index (χ0n) is 19.2. The van der Waals surface area contributed by atoms with Crippen molar-refractivity contribution in [2.45, 2.75) is 32.0 Å². The minimum atomic E-state index is -0.926. The summed E-state index contributed by atoms with van der Waals surface area (Å²) in [6.45, 7) is 4.76.